The predicted molar refractivity (Wildman–Crippen MR) is 69.1 cm³/mol. The van der Waals surface area contributed by atoms with E-state index in [1.807, 2.05) is 6.92 Å². The van der Waals surface area contributed by atoms with Gasteiger partial charge in [0.25, 0.3) is 0 Å². The smallest absolute Gasteiger partial charge is 0.306 e. The van der Waals surface area contributed by atoms with Crippen molar-refractivity contribution in [3.05, 3.63) is 0 Å². The summed E-state index contributed by atoms with van der Waals surface area (Å²) in [5.74, 6) is -0.542. The summed E-state index contributed by atoms with van der Waals surface area (Å²) in [5, 5.41) is 9.41. The maximum Gasteiger partial charge on any atom is 0.306 e. The van der Waals surface area contributed by atoms with Gasteiger partial charge in [-0.05, 0) is 37.0 Å². The highest BCUT2D eigenvalue weighted by atomic mass is 16.4. The molecule has 0 aromatic rings. The number of aliphatic carboxylic acids is 1. The van der Waals surface area contributed by atoms with Crippen LogP contribution in [0.4, 0.5) is 0 Å². The molecular formula is C15H24O3. The Morgan fingerprint density at radius 2 is 1.94 bits per heavy atom. The van der Waals surface area contributed by atoms with Crippen molar-refractivity contribution in [1.82, 2.24) is 0 Å². The van der Waals surface area contributed by atoms with Gasteiger partial charge in [0.1, 0.15) is 5.78 Å². The van der Waals surface area contributed by atoms with E-state index in [9.17, 15) is 14.7 Å². The molecule has 0 bridgehead atoms. The van der Waals surface area contributed by atoms with Crippen LogP contribution in [0.25, 0.3) is 0 Å². The molecule has 2 saturated carbocycles. The van der Waals surface area contributed by atoms with E-state index in [0.29, 0.717) is 5.78 Å². The molecule has 3 nitrogen and oxygen atoms in total. The first kappa shape index (κ1) is 13.6. The summed E-state index contributed by atoms with van der Waals surface area (Å²) in [4.78, 5) is 23.9. The van der Waals surface area contributed by atoms with E-state index in [1.165, 1.54) is 0 Å². The van der Waals surface area contributed by atoms with E-state index in [4.69, 9.17) is 0 Å². The van der Waals surface area contributed by atoms with Crippen molar-refractivity contribution in [3.63, 3.8) is 0 Å². The Morgan fingerprint density at radius 3 is 2.56 bits per heavy atom. The largest absolute Gasteiger partial charge is 0.481 e. The molecule has 0 saturated heterocycles. The van der Waals surface area contributed by atoms with E-state index in [0.717, 1.165) is 32.1 Å². The van der Waals surface area contributed by atoms with Crippen molar-refractivity contribution < 1.29 is 14.7 Å². The molecule has 0 aromatic carbocycles. The van der Waals surface area contributed by atoms with Crippen molar-refractivity contribution in [2.45, 2.75) is 52.9 Å². The zero-order valence-corrected chi connectivity index (χ0v) is 11.6. The second-order valence-corrected chi connectivity index (χ2v) is 7.02. The quantitative estimate of drug-likeness (QED) is 0.780. The molecule has 2 aliphatic rings. The number of hydrogen-bond acceptors (Lipinski definition) is 2. The Bertz CT molecular complexity index is 359. The van der Waals surface area contributed by atoms with Crippen molar-refractivity contribution in [2.24, 2.45) is 29.1 Å². The van der Waals surface area contributed by atoms with Gasteiger partial charge in [-0.1, -0.05) is 27.2 Å². The van der Waals surface area contributed by atoms with Gasteiger partial charge in [-0.2, -0.15) is 0 Å². The van der Waals surface area contributed by atoms with Gasteiger partial charge >= 0.3 is 5.97 Å². The number of carbonyl (C=O) groups excluding carboxylic acids is 1. The van der Waals surface area contributed by atoms with Gasteiger partial charge in [-0.15, -0.1) is 0 Å². The third kappa shape index (κ3) is 2.45. The Kier molecular flexibility index (Phi) is 3.52. The first-order valence-corrected chi connectivity index (χ1v) is 7.08. The van der Waals surface area contributed by atoms with Crippen LogP contribution >= 0.6 is 0 Å². The Hall–Kier alpha value is -0.860. The van der Waals surface area contributed by atoms with E-state index >= 15 is 0 Å². The van der Waals surface area contributed by atoms with Gasteiger partial charge in [0.15, 0.2) is 0 Å². The lowest BCUT2D eigenvalue weighted by atomic mass is 9.73. The van der Waals surface area contributed by atoms with E-state index in [1.54, 1.807) is 0 Å². The molecule has 2 rings (SSSR count). The number of fused-ring (bicyclic) bond motifs is 1. The van der Waals surface area contributed by atoms with Gasteiger partial charge in [-0.25, -0.2) is 0 Å². The van der Waals surface area contributed by atoms with Crippen LogP contribution in [-0.2, 0) is 9.59 Å². The topological polar surface area (TPSA) is 54.4 Å². The minimum atomic E-state index is -0.704. The third-order valence-corrected chi connectivity index (χ3v) is 4.92. The summed E-state index contributed by atoms with van der Waals surface area (Å²) >= 11 is 0. The fraction of sp³-hybridized carbons (Fsp3) is 0.867. The molecule has 0 aliphatic heterocycles. The summed E-state index contributed by atoms with van der Waals surface area (Å²) in [6.45, 7) is 6.33. The Morgan fingerprint density at radius 1 is 1.28 bits per heavy atom. The number of carboxylic acid groups (broad SMARTS) is 1. The molecule has 0 heterocycles. The SMILES string of the molecule is C[C@@H]1CCC[C@H](C(=O)O)[C@H]2CC(C)(C)C[C@@H]2C1=O. The van der Waals surface area contributed by atoms with Gasteiger partial charge in [0.05, 0.1) is 5.92 Å². The van der Waals surface area contributed by atoms with Crippen LogP contribution in [-0.4, -0.2) is 16.9 Å². The molecule has 0 radical (unpaired) electrons. The molecule has 0 unspecified atom stereocenters. The highest BCUT2D eigenvalue weighted by Gasteiger charge is 2.49. The average molecular weight is 252 g/mol. The van der Waals surface area contributed by atoms with Crippen LogP contribution < -0.4 is 0 Å². The average Bonchev–Trinajstić information content (AvgIpc) is 2.57. The number of ketones is 1. The highest BCUT2D eigenvalue weighted by molar-refractivity contribution is 5.85. The molecule has 1 N–H and O–H groups in total. The Labute approximate surface area is 109 Å². The normalized spacial score (nSPS) is 39.8. The molecule has 4 atom stereocenters. The molecule has 102 valence electrons. The maximum absolute atomic E-state index is 12.4. The minimum absolute atomic E-state index is 0.0172. The number of carboxylic acids is 1. The highest BCUT2D eigenvalue weighted by Crippen LogP contribution is 2.51. The van der Waals surface area contributed by atoms with Gasteiger partial charge in [0, 0.05) is 11.8 Å². The van der Waals surface area contributed by atoms with Crippen LogP contribution in [0.5, 0.6) is 0 Å². The standard InChI is InChI=1S/C15H24O3/c1-9-5-4-6-10(14(17)18)11-7-15(2,3)8-12(11)13(9)16/h9-12H,4-8H2,1-3H3,(H,17,18)/t9-,10+,11-,12+/m1/s1. The minimum Gasteiger partial charge on any atom is -0.481 e. The van der Waals surface area contributed by atoms with Crippen LogP contribution in [0.1, 0.15) is 52.9 Å². The fourth-order valence-corrected chi connectivity index (χ4v) is 4.02. The number of Topliss-reactive ketones (excluding diaryl/α,β-unsaturated/α-hetero) is 1. The predicted octanol–water partition coefficient (Wildman–Crippen LogP) is 3.13. The van der Waals surface area contributed by atoms with E-state index in [2.05, 4.69) is 13.8 Å². The molecule has 2 fully saturated rings. The van der Waals surface area contributed by atoms with Gasteiger partial charge < -0.3 is 5.11 Å². The van der Waals surface area contributed by atoms with Crippen LogP contribution in [0.15, 0.2) is 0 Å². The van der Waals surface area contributed by atoms with Crippen LogP contribution in [0, 0.1) is 29.1 Å². The first-order chi connectivity index (χ1) is 8.32. The lowest BCUT2D eigenvalue weighted by molar-refractivity contribution is -0.146. The maximum atomic E-state index is 12.4. The lowest BCUT2D eigenvalue weighted by Crippen LogP contribution is -2.34. The summed E-state index contributed by atoms with van der Waals surface area (Å²) in [7, 11) is 0. The van der Waals surface area contributed by atoms with Crippen molar-refractivity contribution in [3.8, 4) is 0 Å². The molecule has 0 aromatic heterocycles. The molecule has 0 spiro atoms. The lowest BCUT2D eigenvalue weighted by Gasteiger charge is -2.29. The second-order valence-electron chi connectivity index (χ2n) is 7.02. The number of carbonyl (C=O) groups is 2. The second kappa shape index (κ2) is 4.67. The summed E-state index contributed by atoms with van der Waals surface area (Å²) in [6, 6.07) is 0. The van der Waals surface area contributed by atoms with Gasteiger partial charge in [-0.3, -0.25) is 9.59 Å². The third-order valence-electron chi connectivity index (χ3n) is 4.92. The zero-order chi connectivity index (χ0) is 13.5. The Balaban J connectivity index is 2.30. The van der Waals surface area contributed by atoms with Crippen molar-refractivity contribution in [1.29, 1.82) is 0 Å². The van der Waals surface area contributed by atoms with Crippen LogP contribution in [0.3, 0.4) is 0 Å². The molecular weight excluding hydrogens is 228 g/mol. The summed E-state index contributed by atoms with van der Waals surface area (Å²) in [6.07, 6.45) is 4.21. The molecule has 2 aliphatic carbocycles. The van der Waals surface area contributed by atoms with Gasteiger partial charge in [0.2, 0.25) is 0 Å². The number of rotatable bonds is 1. The molecule has 0 amide bonds. The van der Waals surface area contributed by atoms with E-state index < -0.39 is 5.97 Å². The van der Waals surface area contributed by atoms with E-state index in [-0.39, 0.29) is 29.1 Å². The van der Waals surface area contributed by atoms with Crippen molar-refractivity contribution >= 4 is 11.8 Å². The zero-order valence-electron chi connectivity index (χ0n) is 11.6. The summed E-state index contributed by atoms with van der Waals surface area (Å²) < 4.78 is 0. The summed E-state index contributed by atoms with van der Waals surface area (Å²) in [5.41, 5.74) is 0.114. The van der Waals surface area contributed by atoms with Crippen LogP contribution in [0.2, 0.25) is 0 Å². The fourth-order valence-electron chi connectivity index (χ4n) is 4.02. The molecule has 18 heavy (non-hydrogen) atoms. The monoisotopic (exact) mass is 252 g/mol. The molecule has 3 heteroatoms. The number of hydrogen-bond donors (Lipinski definition) is 1. The first-order valence-electron chi connectivity index (χ1n) is 7.08. The van der Waals surface area contributed by atoms with Crippen molar-refractivity contribution in [2.75, 3.05) is 0 Å².